The average molecular weight is 336 g/mol. The minimum atomic E-state index is -0.838. The van der Waals surface area contributed by atoms with E-state index in [0.717, 1.165) is 18.4 Å². The van der Waals surface area contributed by atoms with Crippen LogP contribution in [0.4, 0.5) is 5.69 Å². The zero-order valence-electron chi connectivity index (χ0n) is 15.9. The Morgan fingerprint density at radius 3 is 2.50 bits per heavy atom. The monoisotopic (exact) mass is 336 g/mol. The number of ether oxygens (including phenoxy) is 2. The SMILES string of the molecule is CCCOc1ncc(NC(=O)C(C)(CC(C)C)OCCC)cc1C. The van der Waals surface area contributed by atoms with Gasteiger partial charge >= 0.3 is 0 Å². The van der Waals surface area contributed by atoms with Crippen LogP contribution in [0.1, 0.15) is 59.4 Å². The lowest BCUT2D eigenvalue weighted by atomic mass is 9.93. The van der Waals surface area contributed by atoms with E-state index in [1.54, 1.807) is 6.20 Å². The van der Waals surface area contributed by atoms with Gasteiger partial charge in [-0.3, -0.25) is 4.79 Å². The second-order valence-electron chi connectivity index (χ2n) is 6.83. The molecule has 0 aliphatic rings. The molecule has 0 radical (unpaired) electrons. The maximum atomic E-state index is 12.7. The molecular formula is C19H32N2O3. The summed E-state index contributed by atoms with van der Waals surface area (Å²) in [6.07, 6.45) is 4.11. The maximum absolute atomic E-state index is 12.7. The number of carbonyl (C=O) groups excluding carboxylic acids is 1. The highest BCUT2D eigenvalue weighted by atomic mass is 16.5. The van der Waals surface area contributed by atoms with E-state index >= 15 is 0 Å². The number of pyridine rings is 1. The summed E-state index contributed by atoms with van der Waals surface area (Å²) in [4.78, 5) is 17.0. The number of nitrogens with zero attached hydrogens (tertiary/aromatic N) is 1. The van der Waals surface area contributed by atoms with Gasteiger partial charge < -0.3 is 14.8 Å². The Morgan fingerprint density at radius 1 is 1.29 bits per heavy atom. The third-order valence-electron chi connectivity index (χ3n) is 3.63. The van der Waals surface area contributed by atoms with Crippen molar-refractivity contribution in [1.82, 2.24) is 4.98 Å². The van der Waals surface area contributed by atoms with Gasteiger partial charge in [-0.25, -0.2) is 4.98 Å². The quantitative estimate of drug-likeness (QED) is 0.690. The smallest absolute Gasteiger partial charge is 0.256 e. The van der Waals surface area contributed by atoms with Gasteiger partial charge in [-0.1, -0.05) is 27.7 Å². The standard InChI is InChI=1S/C19H32N2O3/c1-7-9-23-17-15(5)11-16(13-20-17)21-18(22)19(6,12-14(3)4)24-10-8-2/h11,13-14H,7-10,12H2,1-6H3,(H,21,22). The van der Waals surface area contributed by atoms with E-state index in [1.165, 1.54) is 0 Å². The van der Waals surface area contributed by atoms with Crippen LogP contribution in [0.5, 0.6) is 5.88 Å². The molecule has 1 aromatic rings. The molecule has 1 atom stereocenters. The van der Waals surface area contributed by atoms with Crippen LogP contribution in [0.3, 0.4) is 0 Å². The van der Waals surface area contributed by atoms with Gasteiger partial charge in [0, 0.05) is 12.2 Å². The second kappa shape index (κ2) is 9.62. The summed E-state index contributed by atoms with van der Waals surface area (Å²) >= 11 is 0. The molecule has 0 fully saturated rings. The molecule has 0 saturated heterocycles. The first-order valence-corrected chi connectivity index (χ1v) is 8.87. The molecule has 136 valence electrons. The number of nitrogens with one attached hydrogen (secondary N) is 1. The van der Waals surface area contributed by atoms with Crippen molar-refractivity contribution in [3.63, 3.8) is 0 Å². The van der Waals surface area contributed by atoms with E-state index in [4.69, 9.17) is 9.47 Å². The minimum Gasteiger partial charge on any atom is -0.477 e. The molecule has 5 nitrogen and oxygen atoms in total. The van der Waals surface area contributed by atoms with E-state index in [1.807, 2.05) is 26.8 Å². The number of hydrogen-bond acceptors (Lipinski definition) is 4. The summed E-state index contributed by atoms with van der Waals surface area (Å²) < 4.78 is 11.4. The van der Waals surface area contributed by atoms with Crippen LogP contribution in [0.2, 0.25) is 0 Å². The van der Waals surface area contributed by atoms with Crippen molar-refractivity contribution < 1.29 is 14.3 Å². The lowest BCUT2D eigenvalue weighted by Gasteiger charge is -2.30. The Kier molecular flexibility index (Phi) is 8.19. The van der Waals surface area contributed by atoms with Crippen LogP contribution < -0.4 is 10.1 Å². The van der Waals surface area contributed by atoms with Crippen molar-refractivity contribution in [2.24, 2.45) is 5.92 Å². The number of aromatic nitrogens is 1. The summed E-state index contributed by atoms with van der Waals surface area (Å²) in [5.74, 6) is 0.845. The van der Waals surface area contributed by atoms with Crippen molar-refractivity contribution in [2.45, 2.75) is 66.4 Å². The van der Waals surface area contributed by atoms with Gasteiger partial charge in [-0.05, 0) is 45.1 Å². The van der Waals surface area contributed by atoms with E-state index in [9.17, 15) is 4.79 Å². The summed E-state index contributed by atoms with van der Waals surface area (Å²) in [5.41, 5.74) is 0.729. The molecule has 1 rings (SSSR count). The Hall–Kier alpha value is -1.62. The van der Waals surface area contributed by atoms with Crippen molar-refractivity contribution in [3.05, 3.63) is 17.8 Å². The highest BCUT2D eigenvalue weighted by Gasteiger charge is 2.35. The first kappa shape index (κ1) is 20.4. The summed E-state index contributed by atoms with van der Waals surface area (Å²) in [7, 11) is 0. The van der Waals surface area contributed by atoms with Crippen LogP contribution in [-0.4, -0.2) is 29.7 Å². The number of amides is 1. The van der Waals surface area contributed by atoms with E-state index in [2.05, 4.69) is 31.1 Å². The van der Waals surface area contributed by atoms with Crippen molar-refractivity contribution in [2.75, 3.05) is 18.5 Å². The van der Waals surface area contributed by atoms with Gasteiger partial charge in [0.05, 0.1) is 18.5 Å². The number of hydrogen-bond donors (Lipinski definition) is 1. The topological polar surface area (TPSA) is 60.5 Å². The molecule has 1 amide bonds. The van der Waals surface area contributed by atoms with Gasteiger partial charge in [-0.2, -0.15) is 0 Å². The Labute approximate surface area is 146 Å². The Bertz CT molecular complexity index is 531. The highest BCUT2D eigenvalue weighted by molar-refractivity contribution is 5.97. The molecule has 0 aliphatic carbocycles. The van der Waals surface area contributed by atoms with Gasteiger partial charge in [-0.15, -0.1) is 0 Å². The van der Waals surface area contributed by atoms with Crippen molar-refractivity contribution in [3.8, 4) is 5.88 Å². The van der Waals surface area contributed by atoms with Crippen LogP contribution in [0, 0.1) is 12.8 Å². The summed E-state index contributed by atoms with van der Waals surface area (Å²) in [5, 5.41) is 2.94. The minimum absolute atomic E-state index is 0.131. The van der Waals surface area contributed by atoms with Crippen LogP contribution in [0.25, 0.3) is 0 Å². The normalized spacial score (nSPS) is 13.6. The van der Waals surface area contributed by atoms with Gasteiger partial charge in [0.1, 0.15) is 5.60 Å². The Morgan fingerprint density at radius 2 is 1.96 bits per heavy atom. The molecule has 5 heteroatoms. The van der Waals surface area contributed by atoms with Crippen molar-refractivity contribution in [1.29, 1.82) is 0 Å². The first-order valence-electron chi connectivity index (χ1n) is 8.87. The molecule has 0 saturated carbocycles. The molecule has 1 unspecified atom stereocenters. The third-order valence-corrected chi connectivity index (χ3v) is 3.63. The highest BCUT2D eigenvalue weighted by Crippen LogP contribution is 2.25. The fraction of sp³-hybridized carbons (Fsp3) is 0.684. The van der Waals surface area contributed by atoms with Gasteiger partial charge in [0.25, 0.3) is 5.91 Å². The molecule has 1 N–H and O–H groups in total. The fourth-order valence-electron chi connectivity index (χ4n) is 2.57. The number of aryl methyl sites for hydroxylation is 1. The second-order valence-corrected chi connectivity index (χ2v) is 6.83. The molecule has 0 aromatic carbocycles. The molecular weight excluding hydrogens is 304 g/mol. The largest absolute Gasteiger partial charge is 0.477 e. The maximum Gasteiger partial charge on any atom is 0.256 e. The third kappa shape index (κ3) is 6.11. The molecule has 1 aromatic heterocycles. The summed E-state index contributed by atoms with van der Waals surface area (Å²) in [6.45, 7) is 13.3. The Balaban J connectivity index is 2.84. The van der Waals surface area contributed by atoms with E-state index in [-0.39, 0.29) is 5.91 Å². The van der Waals surface area contributed by atoms with Gasteiger partial charge in [0.2, 0.25) is 5.88 Å². The van der Waals surface area contributed by atoms with E-state index < -0.39 is 5.60 Å². The molecule has 24 heavy (non-hydrogen) atoms. The zero-order valence-corrected chi connectivity index (χ0v) is 15.9. The molecule has 0 bridgehead atoms. The average Bonchev–Trinajstić information content (AvgIpc) is 2.51. The van der Waals surface area contributed by atoms with E-state index in [0.29, 0.717) is 37.1 Å². The predicted octanol–water partition coefficient (Wildman–Crippen LogP) is 4.35. The number of anilines is 1. The number of carbonyl (C=O) groups is 1. The van der Waals surface area contributed by atoms with Crippen LogP contribution >= 0.6 is 0 Å². The molecule has 1 heterocycles. The molecule has 0 aliphatic heterocycles. The van der Waals surface area contributed by atoms with Crippen LogP contribution in [-0.2, 0) is 9.53 Å². The van der Waals surface area contributed by atoms with Crippen LogP contribution in [0.15, 0.2) is 12.3 Å². The fourth-order valence-corrected chi connectivity index (χ4v) is 2.57. The zero-order chi connectivity index (χ0) is 18.2. The lowest BCUT2D eigenvalue weighted by molar-refractivity contribution is -0.141. The first-order chi connectivity index (χ1) is 11.3. The van der Waals surface area contributed by atoms with Crippen molar-refractivity contribution >= 4 is 11.6 Å². The lowest BCUT2D eigenvalue weighted by Crippen LogP contribution is -2.44. The summed E-state index contributed by atoms with van der Waals surface area (Å²) in [6, 6.07) is 1.88. The van der Waals surface area contributed by atoms with Gasteiger partial charge in [0.15, 0.2) is 0 Å². The predicted molar refractivity (Wildman–Crippen MR) is 97.5 cm³/mol. The number of rotatable bonds is 10. The molecule has 0 spiro atoms.